The fourth-order valence-electron chi connectivity index (χ4n) is 2.43. The Kier molecular flexibility index (Phi) is 4.91. The van der Waals surface area contributed by atoms with Crippen LogP contribution in [0.1, 0.15) is 5.56 Å². The molecule has 0 atom stereocenters. The van der Waals surface area contributed by atoms with Crippen molar-refractivity contribution in [3.63, 3.8) is 0 Å². The molecule has 0 radical (unpaired) electrons. The van der Waals surface area contributed by atoms with Gasteiger partial charge in [0.2, 0.25) is 0 Å². The normalized spacial score (nSPS) is 11.0. The van der Waals surface area contributed by atoms with Gasteiger partial charge < -0.3 is 15.0 Å². The molecule has 1 heterocycles. The van der Waals surface area contributed by atoms with E-state index in [0.29, 0.717) is 6.61 Å². The van der Waals surface area contributed by atoms with Gasteiger partial charge in [0.05, 0.1) is 5.52 Å². The summed E-state index contributed by atoms with van der Waals surface area (Å²) >= 11 is 0. The maximum atomic E-state index is 5.82. The minimum atomic E-state index is 0.646. The summed E-state index contributed by atoms with van der Waals surface area (Å²) in [6, 6.07) is 14.1. The number of hydrogen-bond donors (Lipinski definition) is 1. The molecule has 0 saturated heterocycles. The highest BCUT2D eigenvalue weighted by molar-refractivity contribution is 5.91. The molecular formula is C19H22N4O. The van der Waals surface area contributed by atoms with Crippen LogP contribution in [0.15, 0.2) is 48.8 Å². The zero-order chi connectivity index (χ0) is 16.9. The smallest absolute Gasteiger partial charge is 0.141 e. The van der Waals surface area contributed by atoms with Crippen molar-refractivity contribution in [2.75, 3.05) is 32.6 Å². The number of nitrogens with one attached hydrogen (secondary N) is 1. The van der Waals surface area contributed by atoms with Gasteiger partial charge in [0.25, 0.3) is 0 Å². The first kappa shape index (κ1) is 16.2. The van der Waals surface area contributed by atoms with Crippen LogP contribution in [0.3, 0.4) is 0 Å². The summed E-state index contributed by atoms with van der Waals surface area (Å²) < 4.78 is 5.82. The number of ether oxygens (including phenoxy) is 1. The Hall–Kier alpha value is -2.66. The van der Waals surface area contributed by atoms with Crippen LogP contribution in [0.25, 0.3) is 10.9 Å². The first-order valence-corrected chi connectivity index (χ1v) is 7.98. The van der Waals surface area contributed by atoms with Gasteiger partial charge >= 0.3 is 0 Å². The summed E-state index contributed by atoms with van der Waals surface area (Å²) in [5.74, 6) is 1.61. The van der Waals surface area contributed by atoms with Gasteiger partial charge in [-0.25, -0.2) is 9.97 Å². The number of aromatic nitrogens is 2. The average Bonchev–Trinajstić information content (AvgIpc) is 2.55. The van der Waals surface area contributed by atoms with E-state index in [-0.39, 0.29) is 0 Å². The lowest BCUT2D eigenvalue weighted by Crippen LogP contribution is -2.19. The van der Waals surface area contributed by atoms with Gasteiger partial charge in [0, 0.05) is 17.6 Å². The molecule has 0 spiro atoms. The predicted octanol–water partition coefficient (Wildman–Crippen LogP) is 3.62. The van der Waals surface area contributed by atoms with E-state index in [1.165, 1.54) is 5.56 Å². The molecule has 1 aromatic heterocycles. The van der Waals surface area contributed by atoms with Crippen LogP contribution in [-0.2, 0) is 0 Å². The summed E-state index contributed by atoms with van der Waals surface area (Å²) in [7, 11) is 4.06. The molecule has 24 heavy (non-hydrogen) atoms. The molecule has 0 bridgehead atoms. The largest absolute Gasteiger partial charge is 0.492 e. The average molecular weight is 322 g/mol. The molecule has 124 valence electrons. The van der Waals surface area contributed by atoms with Crippen molar-refractivity contribution in [2.45, 2.75) is 6.92 Å². The van der Waals surface area contributed by atoms with E-state index < -0.39 is 0 Å². The van der Waals surface area contributed by atoms with Crippen molar-refractivity contribution < 1.29 is 4.74 Å². The van der Waals surface area contributed by atoms with Gasteiger partial charge in [-0.2, -0.15) is 0 Å². The zero-order valence-corrected chi connectivity index (χ0v) is 14.3. The van der Waals surface area contributed by atoms with E-state index in [0.717, 1.165) is 34.7 Å². The molecule has 0 fully saturated rings. The number of likely N-dealkylation sites (N-methyl/N-ethyl adjacent to an activating group) is 1. The maximum absolute atomic E-state index is 5.82. The van der Waals surface area contributed by atoms with Gasteiger partial charge in [-0.1, -0.05) is 12.1 Å². The highest BCUT2D eigenvalue weighted by atomic mass is 16.5. The molecule has 0 aliphatic heterocycles. The third kappa shape index (κ3) is 4.00. The Bertz CT molecular complexity index is 832. The number of aryl methyl sites for hydroxylation is 1. The fraction of sp³-hybridized carbons (Fsp3) is 0.263. The zero-order valence-electron chi connectivity index (χ0n) is 14.3. The Labute approximate surface area is 142 Å². The lowest BCUT2D eigenvalue weighted by atomic mass is 10.2. The molecule has 0 aliphatic rings. The van der Waals surface area contributed by atoms with Crippen LogP contribution in [0, 0.1) is 6.92 Å². The second kappa shape index (κ2) is 7.27. The maximum Gasteiger partial charge on any atom is 0.141 e. The van der Waals surface area contributed by atoms with Crippen LogP contribution < -0.4 is 10.1 Å². The van der Waals surface area contributed by atoms with Crippen LogP contribution in [-0.4, -0.2) is 42.1 Å². The number of benzene rings is 2. The number of hydrogen-bond acceptors (Lipinski definition) is 5. The summed E-state index contributed by atoms with van der Waals surface area (Å²) in [6.45, 7) is 3.59. The van der Waals surface area contributed by atoms with Crippen molar-refractivity contribution in [1.82, 2.24) is 14.9 Å². The van der Waals surface area contributed by atoms with E-state index in [1.54, 1.807) is 6.33 Å². The second-order valence-corrected chi connectivity index (χ2v) is 6.05. The minimum absolute atomic E-state index is 0.646. The van der Waals surface area contributed by atoms with Gasteiger partial charge in [0.1, 0.15) is 24.5 Å². The number of anilines is 2. The SMILES string of the molecule is Cc1cccc(Nc2ncnc3ccc(OCCN(C)C)cc23)c1. The number of fused-ring (bicyclic) bond motifs is 1. The van der Waals surface area contributed by atoms with E-state index in [9.17, 15) is 0 Å². The highest BCUT2D eigenvalue weighted by Gasteiger charge is 2.06. The molecule has 5 heteroatoms. The lowest BCUT2D eigenvalue weighted by Gasteiger charge is -2.13. The first-order chi connectivity index (χ1) is 11.6. The van der Waals surface area contributed by atoms with E-state index in [4.69, 9.17) is 4.74 Å². The molecule has 0 unspecified atom stereocenters. The molecule has 1 N–H and O–H groups in total. The summed E-state index contributed by atoms with van der Waals surface area (Å²) in [6.07, 6.45) is 1.58. The fourth-order valence-corrected chi connectivity index (χ4v) is 2.43. The Morgan fingerprint density at radius 2 is 1.96 bits per heavy atom. The van der Waals surface area contributed by atoms with Crippen molar-refractivity contribution in [2.24, 2.45) is 0 Å². The third-order valence-corrected chi connectivity index (χ3v) is 3.69. The summed E-state index contributed by atoms with van der Waals surface area (Å²) in [5.41, 5.74) is 3.10. The second-order valence-electron chi connectivity index (χ2n) is 6.05. The van der Waals surface area contributed by atoms with Crippen LogP contribution in [0.4, 0.5) is 11.5 Å². The van der Waals surface area contributed by atoms with Crippen molar-refractivity contribution >= 4 is 22.4 Å². The van der Waals surface area contributed by atoms with Crippen molar-refractivity contribution in [3.8, 4) is 5.75 Å². The minimum Gasteiger partial charge on any atom is -0.492 e. The number of rotatable bonds is 6. The van der Waals surface area contributed by atoms with Gasteiger partial charge in [-0.3, -0.25) is 0 Å². The molecule has 0 aliphatic carbocycles. The van der Waals surface area contributed by atoms with Gasteiger partial charge in [0.15, 0.2) is 0 Å². The molecule has 2 aromatic carbocycles. The predicted molar refractivity (Wildman–Crippen MR) is 98.0 cm³/mol. The molecule has 5 nitrogen and oxygen atoms in total. The van der Waals surface area contributed by atoms with Crippen LogP contribution in [0.2, 0.25) is 0 Å². The van der Waals surface area contributed by atoms with Gasteiger partial charge in [-0.15, -0.1) is 0 Å². The Morgan fingerprint density at radius 1 is 1.08 bits per heavy atom. The third-order valence-electron chi connectivity index (χ3n) is 3.69. The molecule has 3 rings (SSSR count). The summed E-state index contributed by atoms with van der Waals surface area (Å²) in [4.78, 5) is 10.8. The monoisotopic (exact) mass is 322 g/mol. The molecule has 0 saturated carbocycles. The highest BCUT2D eigenvalue weighted by Crippen LogP contribution is 2.27. The quantitative estimate of drug-likeness (QED) is 0.751. The van der Waals surface area contributed by atoms with Crippen LogP contribution >= 0.6 is 0 Å². The Balaban J connectivity index is 1.87. The van der Waals surface area contributed by atoms with Crippen molar-refractivity contribution in [3.05, 3.63) is 54.4 Å². The summed E-state index contributed by atoms with van der Waals surface area (Å²) in [5, 5.41) is 4.32. The van der Waals surface area contributed by atoms with Crippen molar-refractivity contribution in [1.29, 1.82) is 0 Å². The Morgan fingerprint density at radius 3 is 2.75 bits per heavy atom. The van der Waals surface area contributed by atoms with E-state index in [2.05, 4.69) is 39.2 Å². The first-order valence-electron chi connectivity index (χ1n) is 7.98. The topological polar surface area (TPSA) is 50.3 Å². The van der Waals surface area contributed by atoms with Crippen LogP contribution in [0.5, 0.6) is 5.75 Å². The van der Waals surface area contributed by atoms with Gasteiger partial charge in [-0.05, 0) is 56.9 Å². The van der Waals surface area contributed by atoms with E-state index in [1.807, 2.05) is 44.4 Å². The standard InChI is InChI=1S/C19H22N4O/c1-14-5-4-6-15(11-14)22-19-17-12-16(24-10-9-23(2)3)7-8-18(17)20-13-21-19/h4-8,11-13H,9-10H2,1-3H3,(H,20,21,22). The molecule has 0 amide bonds. The number of nitrogens with zero attached hydrogens (tertiary/aromatic N) is 3. The lowest BCUT2D eigenvalue weighted by molar-refractivity contribution is 0.261. The van der Waals surface area contributed by atoms with E-state index >= 15 is 0 Å². The molecule has 3 aromatic rings. The molecular weight excluding hydrogens is 300 g/mol.